The molecule has 7 nitrogen and oxygen atoms in total. The predicted molar refractivity (Wildman–Crippen MR) is 106 cm³/mol. The van der Waals surface area contributed by atoms with Crippen molar-refractivity contribution >= 4 is 21.7 Å². The lowest BCUT2D eigenvalue weighted by atomic mass is 10.1. The van der Waals surface area contributed by atoms with Crippen LogP contribution in [0.4, 0.5) is 5.69 Å². The minimum absolute atomic E-state index is 0.0570. The van der Waals surface area contributed by atoms with Gasteiger partial charge in [0.1, 0.15) is 0 Å². The van der Waals surface area contributed by atoms with Gasteiger partial charge >= 0.3 is 5.97 Å². The number of imidazole rings is 1. The number of aromatic nitrogens is 2. The summed E-state index contributed by atoms with van der Waals surface area (Å²) in [6.07, 6.45) is 4.94. The third kappa shape index (κ3) is 4.77. The van der Waals surface area contributed by atoms with Crippen LogP contribution in [0.1, 0.15) is 15.9 Å². The van der Waals surface area contributed by atoms with Crippen molar-refractivity contribution in [2.45, 2.75) is 13.1 Å². The van der Waals surface area contributed by atoms with Gasteiger partial charge in [-0.15, -0.1) is 0 Å². The van der Waals surface area contributed by atoms with E-state index in [4.69, 9.17) is 4.74 Å². The lowest BCUT2D eigenvalue weighted by Gasteiger charge is -2.25. The molecule has 0 spiro atoms. The van der Waals surface area contributed by atoms with Crippen molar-refractivity contribution in [3.05, 3.63) is 84.4 Å². The number of carbonyl (C=O) groups is 1. The molecule has 8 heteroatoms. The van der Waals surface area contributed by atoms with Crippen LogP contribution in [0, 0.1) is 0 Å². The van der Waals surface area contributed by atoms with Crippen LogP contribution >= 0.6 is 0 Å². The van der Waals surface area contributed by atoms with Gasteiger partial charge in [0.25, 0.3) is 0 Å². The molecule has 0 aliphatic heterocycles. The average Bonchev–Trinajstić information content (AvgIpc) is 3.25. The number of hydrogen-bond donors (Lipinski definition) is 0. The van der Waals surface area contributed by atoms with Gasteiger partial charge in [-0.3, -0.25) is 4.31 Å². The van der Waals surface area contributed by atoms with Gasteiger partial charge in [-0.1, -0.05) is 30.3 Å². The number of aryl methyl sites for hydroxylation is 1. The van der Waals surface area contributed by atoms with Gasteiger partial charge < -0.3 is 9.30 Å². The summed E-state index contributed by atoms with van der Waals surface area (Å²) < 4.78 is 34.0. The van der Waals surface area contributed by atoms with E-state index in [0.29, 0.717) is 17.8 Å². The van der Waals surface area contributed by atoms with Crippen LogP contribution in [0.5, 0.6) is 0 Å². The third-order valence-corrected chi connectivity index (χ3v) is 5.96. The normalized spacial score (nSPS) is 11.2. The van der Waals surface area contributed by atoms with Crippen molar-refractivity contribution in [1.82, 2.24) is 9.55 Å². The van der Waals surface area contributed by atoms with Gasteiger partial charge in [0.15, 0.2) is 0 Å². The predicted octanol–water partition coefficient (Wildman–Crippen LogP) is 2.71. The number of methoxy groups -OCH3 is 1. The maximum Gasteiger partial charge on any atom is 0.337 e. The number of anilines is 1. The van der Waals surface area contributed by atoms with E-state index < -0.39 is 16.0 Å². The monoisotopic (exact) mass is 399 g/mol. The van der Waals surface area contributed by atoms with E-state index in [-0.39, 0.29) is 12.3 Å². The molecule has 0 amide bonds. The molecule has 0 aliphatic carbocycles. The van der Waals surface area contributed by atoms with E-state index in [1.54, 1.807) is 71.8 Å². The second-order valence-corrected chi connectivity index (χ2v) is 8.16. The Bertz CT molecular complexity index is 1000. The molecule has 0 radical (unpaired) electrons. The number of para-hydroxylation sites is 1. The summed E-state index contributed by atoms with van der Waals surface area (Å²) in [5.74, 6) is -0.488. The molecule has 0 N–H and O–H groups in total. The fraction of sp³-hybridized carbons (Fsp3) is 0.200. The Labute approximate surface area is 164 Å². The molecule has 0 bridgehead atoms. The molecule has 28 heavy (non-hydrogen) atoms. The standard InChI is InChI=1S/C20H21N3O4S/c1-27-20(24)18-9-7-17(8-10-18)15-23(19-5-3-2-4-6-19)28(25,26)14-13-22-12-11-21-16-22/h2-12,16H,13-15H2,1H3. The summed E-state index contributed by atoms with van der Waals surface area (Å²) in [7, 11) is -2.27. The van der Waals surface area contributed by atoms with Crippen LogP contribution in [0.15, 0.2) is 73.3 Å². The Kier molecular flexibility index (Phi) is 6.10. The SMILES string of the molecule is COC(=O)c1ccc(CN(c2ccccc2)S(=O)(=O)CCn2ccnc2)cc1. The fourth-order valence-corrected chi connectivity index (χ4v) is 4.17. The second kappa shape index (κ2) is 8.71. The molecule has 2 aromatic carbocycles. The van der Waals surface area contributed by atoms with Gasteiger partial charge in [0.05, 0.1) is 37.0 Å². The zero-order valence-electron chi connectivity index (χ0n) is 15.4. The lowest BCUT2D eigenvalue weighted by Crippen LogP contribution is -2.33. The maximum absolute atomic E-state index is 13.1. The highest BCUT2D eigenvalue weighted by molar-refractivity contribution is 7.92. The van der Waals surface area contributed by atoms with Gasteiger partial charge in [-0.2, -0.15) is 0 Å². The van der Waals surface area contributed by atoms with Crippen LogP contribution in [0.25, 0.3) is 0 Å². The first-order valence-corrected chi connectivity index (χ1v) is 10.3. The summed E-state index contributed by atoms with van der Waals surface area (Å²) in [4.78, 5) is 15.5. The highest BCUT2D eigenvalue weighted by Gasteiger charge is 2.23. The zero-order chi connectivity index (χ0) is 20.0. The summed E-state index contributed by atoms with van der Waals surface area (Å²) >= 11 is 0. The van der Waals surface area contributed by atoms with Crippen molar-refractivity contribution in [3.63, 3.8) is 0 Å². The van der Waals surface area contributed by atoms with Gasteiger partial charge in [-0.05, 0) is 29.8 Å². The maximum atomic E-state index is 13.1. The number of esters is 1. The summed E-state index contributed by atoms with van der Waals surface area (Å²) in [5, 5.41) is 0. The Balaban J connectivity index is 1.84. The van der Waals surface area contributed by atoms with Gasteiger partial charge in [0.2, 0.25) is 10.0 Å². The Morgan fingerprint density at radius 1 is 1.11 bits per heavy atom. The van der Waals surface area contributed by atoms with Crippen LogP contribution in [-0.4, -0.2) is 36.8 Å². The Hall–Kier alpha value is -3.13. The molecule has 0 saturated heterocycles. The number of rotatable bonds is 8. The minimum Gasteiger partial charge on any atom is -0.465 e. The van der Waals surface area contributed by atoms with Gasteiger partial charge in [0, 0.05) is 18.9 Å². The van der Waals surface area contributed by atoms with Crippen LogP contribution in [0.3, 0.4) is 0 Å². The number of nitrogens with zero attached hydrogens (tertiary/aromatic N) is 3. The summed E-state index contributed by atoms with van der Waals surface area (Å²) in [6, 6.07) is 15.7. The van der Waals surface area contributed by atoms with Crippen molar-refractivity contribution in [1.29, 1.82) is 0 Å². The average molecular weight is 399 g/mol. The molecule has 0 unspecified atom stereocenters. The number of ether oxygens (including phenoxy) is 1. The topological polar surface area (TPSA) is 81.5 Å². The number of sulfonamides is 1. The van der Waals surface area contributed by atoms with Crippen molar-refractivity contribution in [2.75, 3.05) is 17.2 Å². The largest absolute Gasteiger partial charge is 0.465 e. The van der Waals surface area contributed by atoms with E-state index in [2.05, 4.69) is 4.98 Å². The molecule has 1 heterocycles. The van der Waals surface area contributed by atoms with Crippen LogP contribution in [-0.2, 0) is 27.8 Å². The third-order valence-electron chi connectivity index (χ3n) is 4.25. The first-order chi connectivity index (χ1) is 13.5. The Morgan fingerprint density at radius 2 is 1.82 bits per heavy atom. The first kappa shape index (κ1) is 19.6. The van der Waals surface area contributed by atoms with Crippen LogP contribution in [0.2, 0.25) is 0 Å². The molecule has 0 saturated carbocycles. The minimum atomic E-state index is -3.59. The molecule has 146 valence electrons. The molecule has 3 aromatic rings. The number of carbonyl (C=O) groups excluding carboxylic acids is 1. The molecular formula is C20H21N3O4S. The van der Waals surface area contributed by atoms with E-state index in [9.17, 15) is 13.2 Å². The highest BCUT2D eigenvalue weighted by Crippen LogP contribution is 2.22. The highest BCUT2D eigenvalue weighted by atomic mass is 32.2. The fourth-order valence-electron chi connectivity index (χ4n) is 2.72. The van der Waals surface area contributed by atoms with E-state index in [0.717, 1.165) is 5.56 Å². The van der Waals surface area contributed by atoms with Crippen molar-refractivity contribution in [3.8, 4) is 0 Å². The second-order valence-electron chi connectivity index (χ2n) is 6.15. The number of hydrogen-bond acceptors (Lipinski definition) is 5. The van der Waals surface area contributed by atoms with Gasteiger partial charge in [-0.25, -0.2) is 18.2 Å². The van der Waals surface area contributed by atoms with Crippen LogP contribution < -0.4 is 4.31 Å². The summed E-state index contributed by atoms with van der Waals surface area (Å²) in [5.41, 5.74) is 1.77. The molecule has 0 aliphatic rings. The molecule has 1 aromatic heterocycles. The number of benzene rings is 2. The van der Waals surface area contributed by atoms with Crippen molar-refractivity contribution < 1.29 is 17.9 Å². The van der Waals surface area contributed by atoms with E-state index in [1.165, 1.54) is 11.4 Å². The lowest BCUT2D eigenvalue weighted by molar-refractivity contribution is 0.0600. The molecular weight excluding hydrogens is 378 g/mol. The quantitative estimate of drug-likeness (QED) is 0.544. The van der Waals surface area contributed by atoms with E-state index >= 15 is 0 Å². The zero-order valence-corrected chi connectivity index (χ0v) is 16.2. The Morgan fingerprint density at radius 3 is 2.43 bits per heavy atom. The molecule has 0 fully saturated rings. The van der Waals surface area contributed by atoms with Crippen molar-refractivity contribution in [2.24, 2.45) is 0 Å². The van der Waals surface area contributed by atoms with E-state index in [1.807, 2.05) is 6.07 Å². The summed E-state index contributed by atoms with van der Waals surface area (Å²) in [6.45, 7) is 0.477. The first-order valence-electron chi connectivity index (χ1n) is 8.68. The molecule has 0 atom stereocenters. The molecule has 3 rings (SSSR count). The smallest absolute Gasteiger partial charge is 0.337 e.